The molecule has 2 rings (SSSR count). The third-order valence-corrected chi connectivity index (χ3v) is 4.07. The van der Waals surface area contributed by atoms with Crippen molar-refractivity contribution in [1.29, 1.82) is 0 Å². The molecule has 118 valence electrons. The molecular formula is C17H21NO4. The first kappa shape index (κ1) is 16.2. The molecule has 0 radical (unpaired) electrons. The molecular weight excluding hydrogens is 282 g/mol. The quantitative estimate of drug-likeness (QED) is 0.845. The first-order chi connectivity index (χ1) is 10.5. The van der Waals surface area contributed by atoms with Crippen LogP contribution in [-0.2, 0) is 9.59 Å². The maximum atomic E-state index is 12.5. The number of carboxylic acid groups (broad SMARTS) is 1. The summed E-state index contributed by atoms with van der Waals surface area (Å²) in [6.07, 6.45) is 2.80. The first-order valence-electron chi connectivity index (χ1n) is 7.70. The van der Waals surface area contributed by atoms with Gasteiger partial charge in [0.25, 0.3) is 0 Å². The molecule has 0 spiro atoms. The van der Waals surface area contributed by atoms with Gasteiger partial charge < -0.3 is 10.4 Å². The van der Waals surface area contributed by atoms with Crippen LogP contribution in [0.15, 0.2) is 24.3 Å². The van der Waals surface area contributed by atoms with Crippen LogP contribution in [-0.4, -0.2) is 28.8 Å². The van der Waals surface area contributed by atoms with Crippen LogP contribution in [0.3, 0.4) is 0 Å². The number of amides is 1. The summed E-state index contributed by atoms with van der Waals surface area (Å²) in [7, 11) is 0. The normalized spacial score (nSPS) is 18.4. The van der Waals surface area contributed by atoms with Gasteiger partial charge in [0.1, 0.15) is 6.04 Å². The summed E-state index contributed by atoms with van der Waals surface area (Å²) in [5, 5.41) is 11.8. The predicted molar refractivity (Wildman–Crippen MR) is 81.8 cm³/mol. The number of carbonyl (C=O) groups excluding carboxylic acids is 2. The minimum absolute atomic E-state index is 0.0421. The average molecular weight is 303 g/mol. The molecule has 0 aliphatic heterocycles. The Bertz CT molecular complexity index is 582. The second kappa shape index (κ2) is 7.20. The summed E-state index contributed by atoms with van der Waals surface area (Å²) in [4.78, 5) is 35.6. The van der Waals surface area contributed by atoms with Crippen LogP contribution in [0.4, 0.5) is 0 Å². The summed E-state index contributed by atoms with van der Waals surface area (Å²) >= 11 is 0. The Morgan fingerprint density at radius 1 is 1.36 bits per heavy atom. The molecule has 0 fully saturated rings. The molecule has 1 amide bonds. The second-order valence-corrected chi connectivity index (χ2v) is 5.64. The number of hydrogen-bond acceptors (Lipinski definition) is 3. The van der Waals surface area contributed by atoms with Gasteiger partial charge in [-0.15, -0.1) is 0 Å². The lowest BCUT2D eigenvalue weighted by Crippen LogP contribution is -2.43. The third kappa shape index (κ3) is 3.53. The van der Waals surface area contributed by atoms with Gasteiger partial charge in [0, 0.05) is 12.0 Å². The van der Waals surface area contributed by atoms with E-state index in [1.807, 2.05) is 6.92 Å². The summed E-state index contributed by atoms with van der Waals surface area (Å²) in [5.74, 6) is -1.72. The number of carbonyl (C=O) groups is 3. The van der Waals surface area contributed by atoms with Crippen molar-refractivity contribution in [2.24, 2.45) is 0 Å². The monoisotopic (exact) mass is 303 g/mol. The van der Waals surface area contributed by atoms with Gasteiger partial charge in [-0.2, -0.15) is 0 Å². The maximum absolute atomic E-state index is 12.5. The summed E-state index contributed by atoms with van der Waals surface area (Å²) in [6, 6.07) is 6.21. The molecule has 0 aromatic heterocycles. The van der Waals surface area contributed by atoms with E-state index < -0.39 is 17.9 Å². The van der Waals surface area contributed by atoms with Crippen molar-refractivity contribution in [3.05, 3.63) is 35.4 Å². The lowest BCUT2D eigenvalue weighted by atomic mass is 9.81. The fourth-order valence-corrected chi connectivity index (χ4v) is 2.83. The van der Waals surface area contributed by atoms with Gasteiger partial charge in [0.2, 0.25) is 5.91 Å². The minimum Gasteiger partial charge on any atom is -0.480 e. The lowest BCUT2D eigenvalue weighted by molar-refractivity contribution is -0.142. The zero-order valence-corrected chi connectivity index (χ0v) is 12.7. The summed E-state index contributed by atoms with van der Waals surface area (Å²) < 4.78 is 0. The number of unbranched alkanes of at least 4 members (excludes halogenated alkanes) is 1. The molecule has 1 aromatic rings. The van der Waals surface area contributed by atoms with Crippen molar-refractivity contribution >= 4 is 17.7 Å². The minimum atomic E-state index is -1.01. The number of aliphatic carboxylic acids is 1. The van der Waals surface area contributed by atoms with Crippen LogP contribution < -0.4 is 5.32 Å². The van der Waals surface area contributed by atoms with E-state index in [0.717, 1.165) is 12.8 Å². The Balaban J connectivity index is 2.14. The van der Waals surface area contributed by atoms with Gasteiger partial charge in [-0.3, -0.25) is 9.59 Å². The Morgan fingerprint density at radius 2 is 2.09 bits per heavy atom. The van der Waals surface area contributed by atoms with Crippen molar-refractivity contribution in [3.63, 3.8) is 0 Å². The average Bonchev–Trinajstić information content (AvgIpc) is 2.51. The predicted octanol–water partition coefficient (Wildman–Crippen LogP) is 2.51. The van der Waals surface area contributed by atoms with Crippen LogP contribution in [0.5, 0.6) is 0 Å². The summed E-state index contributed by atoms with van der Waals surface area (Å²) in [5.41, 5.74) is 1.28. The van der Waals surface area contributed by atoms with E-state index in [1.54, 1.807) is 24.3 Å². The Morgan fingerprint density at radius 3 is 2.77 bits per heavy atom. The van der Waals surface area contributed by atoms with Crippen molar-refractivity contribution in [3.8, 4) is 0 Å². The number of ketones is 1. The molecule has 1 aliphatic rings. The summed E-state index contributed by atoms with van der Waals surface area (Å²) in [6.45, 7) is 1.98. The largest absolute Gasteiger partial charge is 0.480 e. The number of benzene rings is 1. The highest BCUT2D eigenvalue weighted by atomic mass is 16.4. The van der Waals surface area contributed by atoms with Crippen LogP contribution in [0.25, 0.3) is 0 Å². The molecule has 5 heteroatoms. The molecule has 0 saturated carbocycles. The standard InChI is InChI=1S/C17H21NO4/c1-2-3-8-14(17(21)22)18-16(20)13-9-10-15(19)12-7-5-4-6-11(12)13/h4-7,13-14H,2-3,8-10H2,1H3,(H,18,20)(H,21,22)/t13?,14-/m0/s1. The molecule has 0 saturated heterocycles. The highest BCUT2D eigenvalue weighted by Crippen LogP contribution is 2.31. The van der Waals surface area contributed by atoms with E-state index >= 15 is 0 Å². The van der Waals surface area contributed by atoms with Crippen molar-refractivity contribution in [1.82, 2.24) is 5.32 Å². The molecule has 1 unspecified atom stereocenters. The van der Waals surface area contributed by atoms with E-state index in [2.05, 4.69) is 5.32 Å². The Kier molecular flexibility index (Phi) is 5.31. The van der Waals surface area contributed by atoms with Gasteiger partial charge in [-0.25, -0.2) is 4.79 Å². The topological polar surface area (TPSA) is 83.5 Å². The van der Waals surface area contributed by atoms with Gasteiger partial charge in [-0.1, -0.05) is 44.0 Å². The molecule has 22 heavy (non-hydrogen) atoms. The molecule has 2 atom stereocenters. The van der Waals surface area contributed by atoms with Crippen LogP contribution in [0.1, 0.15) is 60.9 Å². The van der Waals surface area contributed by atoms with E-state index in [4.69, 9.17) is 0 Å². The van der Waals surface area contributed by atoms with Gasteiger partial charge in [-0.05, 0) is 18.4 Å². The number of hydrogen-bond donors (Lipinski definition) is 2. The SMILES string of the molecule is CCCC[C@H](NC(=O)C1CCC(=O)c2ccccc21)C(=O)O. The van der Waals surface area contributed by atoms with Crippen LogP contribution >= 0.6 is 0 Å². The molecule has 0 bridgehead atoms. The number of carboxylic acids is 1. The number of fused-ring (bicyclic) bond motifs is 1. The van der Waals surface area contributed by atoms with Gasteiger partial charge in [0.05, 0.1) is 5.92 Å². The van der Waals surface area contributed by atoms with Gasteiger partial charge >= 0.3 is 5.97 Å². The highest BCUT2D eigenvalue weighted by Gasteiger charge is 2.32. The third-order valence-electron chi connectivity index (χ3n) is 4.07. The van der Waals surface area contributed by atoms with Crippen LogP contribution in [0, 0.1) is 0 Å². The fourth-order valence-electron chi connectivity index (χ4n) is 2.83. The Labute approximate surface area is 129 Å². The number of rotatable bonds is 6. The fraction of sp³-hybridized carbons (Fsp3) is 0.471. The van der Waals surface area contributed by atoms with E-state index in [-0.39, 0.29) is 11.7 Å². The zero-order chi connectivity index (χ0) is 16.1. The van der Waals surface area contributed by atoms with Crippen molar-refractivity contribution in [2.75, 3.05) is 0 Å². The lowest BCUT2D eigenvalue weighted by Gasteiger charge is -2.25. The number of nitrogens with one attached hydrogen (secondary N) is 1. The smallest absolute Gasteiger partial charge is 0.326 e. The zero-order valence-electron chi connectivity index (χ0n) is 12.7. The van der Waals surface area contributed by atoms with Crippen LogP contribution in [0.2, 0.25) is 0 Å². The van der Waals surface area contributed by atoms with Crippen molar-refractivity contribution < 1.29 is 19.5 Å². The molecule has 1 aliphatic carbocycles. The second-order valence-electron chi connectivity index (χ2n) is 5.64. The Hall–Kier alpha value is -2.17. The molecule has 0 heterocycles. The molecule has 1 aromatic carbocycles. The highest BCUT2D eigenvalue weighted by molar-refractivity contribution is 6.02. The number of Topliss-reactive ketones (excluding diaryl/α,β-unsaturated/α-hetero) is 1. The first-order valence-corrected chi connectivity index (χ1v) is 7.70. The molecule has 2 N–H and O–H groups in total. The van der Waals surface area contributed by atoms with E-state index in [9.17, 15) is 19.5 Å². The van der Waals surface area contributed by atoms with Crippen molar-refractivity contribution in [2.45, 2.75) is 51.0 Å². The maximum Gasteiger partial charge on any atom is 0.326 e. The van der Waals surface area contributed by atoms with E-state index in [1.165, 1.54) is 0 Å². The molecule has 5 nitrogen and oxygen atoms in total. The van der Waals surface area contributed by atoms with Gasteiger partial charge in [0.15, 0.2) is 5.78 Å². The van der Waals surface area contributed by atoms with E-state index in [0.29, 0.717) is 30.4 Å².